The van der Waals surface area contributed by atoms with Gasteiger partial charge in [0.15, 0.2) is 0 Å². The van der Waals surface area contributed by atoms with Crippen molar-refractivity contribution in [1.29, 1.82) is 0 Å². The molecule has 1 aliphatic carbocycles. The van der Waals surface area contributed by atoms with Crippen molar-refractivity contribution in [3.05, 3.63) is 0 Å². The maximum absolute atomic E-state index is 12.6. The number of nitrogens with zero attached hydrogens (tertiary/aromatic N) is 1. The molecule has 0 radical (unpaired) electrons. The van der Waals surface area contributed by atoms with Crippen molar-refractivity contribution < 1.29 is 9.59 Å². The first-order chi connectivity index (χ1) is 8.90. The summed E-state index contributed by atoms with van der Waals surface area (Å²) in [7, 11) is 0. The summed E-state index contributed by atoms with van der Waals surface area (Å²) in [6.45, 7) is 9.06. The van der Waals surface area contributed by atoms with Crippen molar-refractivity contribution in [2.45, 2.75) is 59.0 Å². The minimum Gasteiger partial charge on any atom is -0.342 e. The number of hydrogen-bond acceptors (Lipinski definition) is 2. The zero-order valence-electron chi connectivity index (χ0n) is 12.5. The van der Waals surface area contributed by atoms with Gasteiger partial charge in [-0.25, -0.2) is 0 Å². The predicted molar refractivity (Wildman–Crippen MR) is 74.4 cm³/mol. The number of piperazine rings is 1. The zero-order chi connectivity index (χ0) is 14.2. The molecule has 2 unspecified atom stereocenters. The van der Waals surface area contributed by atoms with E-state index in [0.29, 0.717) is 24.3 Å². The molecule has 19 heavy (non-hydrogen) atoms. The summed E-state index contributed by atoms with van der Waals surface area (Å²) >= 11 is 0. The summed E-state index contributed by atoms with van der Waals surface area (Å²) in [5.74, 6) is 1.39. The molecule has 0 aromatic heterocycles. The van der Waals surface area contributed by atoms with Crippen LogP contribution in [0.5, 0.6) is 0 Å². The van der Waals surface area contributed by atoms with Gasteiger partial charge in [-0.2, -0.15) is 0 Å². The molecule has 0 bridgehead atoms. The molecule has 1 heterocycles. The first-order valence-corrected chi connectivity index (χ1v) is 7.51. The van der Waals surface area contributed by atoms with Crippen LogP contribution in [0.15, 0.2) is 0 Å². The Morgan fingerprint density at radius 1 is 1.16 bits per heavy atom. The summed E-state index contributed by atoms with van der Waals surface area (Å²) in [6, 6.07) is -0.528. The molecule has 1 aliphatic heterocycles. The molecule has 2 aliphatic rings. The fraction of sp³-hybridized carbons (Fsp3) is 0.867. The van der Waals surface area contributed by atoms with Gasteiger partial charge >= 0.3 is 0 Å². The van der Waals surface area contributed by atoms with Crippen LogP contribution in [0, 0.1) is 17.8 Å². The standard InChI is InChI=1S/C15H26N2O2/c1-9(2)7-12-15(19)17(8-10(3)4)13(11-5-6-11)14(18)16-12/h9-13H,5-8H2,1-4H3,(H,16,18). The highest BCUT2D eigenvalue weighted by Crippen LogP contribution is 2.37. The minimum absolute atomic E-state index is 0.0633. The number of hydrogen-bond donors (Lipinski definition) is 1. The molecular formula is C15H26N2O2. The van der Waals surface area contributed by atoms with E-state index in [0.717, 1.165) is 19.3 Å². The highest BCUT2D eigenvalue weighted by molar-refractivity contribution is 5.97. The molecule has 4 heteroatoms. The number of rotatable bonds is 5. The Kier molecular flexibility index (Phi) is 4.16. The number of amides is 2. The molecule has 1 saturated carbocycles. The van der Waals surface area contributed by atoms with Crippen LogP contribution in [-0.2, 0) is 9.59 Å². The first-order valence-electron chi connectivity index (χ1n) is 7.51. The number of carbonyl (C=O) groups is 2. The van der Waals surface area contributed by atoms with Crippen LogP contribution < -0.4 is 5.32 Å². The average molecular weight is 266 g/mol. The average Bonchev–Trinajstić information content (AvgIpc) is 3.07. The molecule has 1 saturated heterocycles. The van der Waals surface area contributed by atoms with Gasteiger partial charge in [0.05, 0.1) is 0 Å². The molecule has 0 aromatic carbocycles. The maximum Gasteiger partial charge on any atom is 0.245 e. The molecule has 4 nitrogen and oxygen atoms in total. The molecular weight excluding hydrogens is 240 g/mol. The van der Waals surface area contributed by atoms with Gasteiger partial charge in [0, 0.05) is 6.54 Å². The summed E-state index contributed by atoms with van der Waals surface area (Å²) in [4.78, 5) is 26.8. The van der Waals surface area contributed by atoms with Crippen LogP contribution in [0.1, 0.15) is 47.0 Å². The van der Waals surface area contributed by atoms with Crippen LogP contribution in [0.25, 0.3) is 0 Å². The molecule has 1 N–H and O–H groups in total. The Morgan fingerprint density at radius 2 is 1.79 bits per heavy atom. The summed E-state index contributed by atoms with van der Waals surface area (Å²) in [5, 5.41) is 2.94. The van der Waals surface area contributed by atoms with Crippen LogP contribution in [0.3, 0.4) is 0 Å². The molecule has 108 valence electrons. The van der Waals surface area contributed by atoms with Gasteiger partial charge in [0.2, 0.25) is 11.8 Å². The van der Waals surface area contributed by atoms with Gasteiger partial charge in [-0.3, -0.25) is 9.59 Å². The van der Waals surface area contributed by atoms with E-state index in [1.165, 1.54) is 0 Å². The first kappa shape index (κ1) is 14.4. The molecule has 2 rings (SSSR count). The number of carbonyl (C=O) groups excluding carboxylic acids is 2. The van der Waals surface area contributed by atoms with Gasteiger partial charge < -0.3 is 10.2 Å². The lowest BCUT2D eigenvalue weighted by Gasteiger charge is -2.40. The van der Waals surface area contributed by atoms with E-state index in [1.54, 1.807) is 0 Å². The molecule has 0 aromatic rings. The largest absolute Gasteiger partial charge is 0.342 e. The zero-order valence-corrected chi connectivity index (χ0v) is 12.5. The molecule has 2 atom stereocenters. The normalized spacial score (nSPS) is 28.2. The molecule has 2 fully saturated rings. The Hall–Kier alpha value is -1.06. The monoisotopic (exact) mass is 266 g/mol. The lowest BCUT2D eigenvalue weighted by molar-refractivity contribution is -0.151. The summed E-state index contributed by atoms with van der Waals surface area (Å²) < 4.78 is 0. The quantitative estimate of drug-likeness (QED) is 0.825. The van der Waals surface area contributed by atoms with E-state index in [9.17, 15) is 9.59 Å². The third-order valence-corrected chi connectivity index (χ3v) is 3.84. The second-order valence-corrected chi connectivity index (χ2v) is 6.86. The van der Waals surface area contributed by atoms with E-state index in [1.807, 2.05) is 4.90 Å². The van der Waals surface area contributed by atoms with Crippen molar-refractivity contribution >= 4 is 11.8 Å². The highest BCUT2D eigenvalue weighted by Gasteiger charge is 2.47. The SMILES string of the molecule is CC(C)CC1NC(=O)C(C2CC2)N(CC(C)C)C1=O. The molecule has 2 amide bonds. The summed E-state index contributed by atoms with van der Waals surface area (Å²) in [6.07, 6.45) is 2.89. The maximum atomic E-state index is 12.6. The van der Waals surface area contributed by atoms with Gasteiger partial charge in [0.25, 0.3) is 0 Å². The third kappa shape index (κ3) is 3.28. The van der Waals surface area contributed by atoms with Crippen LogP contribution in [0.2, 0.25) is 0 Å². The number of nitrogens with one attached hydrogen (secondary N) is 1. The van der Waals surface area contributed by atoms with Gasteiger partial charge in [0.1, 0.15) is 12.1 Å². The van der Waals surface area contributed by atoms with Crippen LogP contribution >= 0.6 is 0 Å². The fourth-order valence-electron chi connectivity index (χ4n) is 2.91. The van der Waals surface area contributed by atoms with Crippen molar-refractivity contribution in [3.63, 3.8) is 0 Å². The predicted octanol–water partition coefficient (Wildman–Crippen LogP) is 1.79. The van der Waals surface area contributed by atoms with Crippen molar-refractivity contribution in [3.8, 4) is 0 Å². The van der Waals surface area contributed by atoms with E-state index in [2.05, 4.69) is 33.0 Å². The Labute approximate surface area is 115 Å². The fourth-order valence-corrected chi connectivity index (χ4v) is 2.91. The Bertz CT molecular complexity index is 361. The van der Waals surface area contributed by atoms with Gasteiger partial charge in [-0.05, 0) is 37.0 Å². The second-order valence-electron chi connectivity index (χ2n) is 6.86. The smallest absolute Gasteiger partial charge is 0.245 e. The van der Waals surface area contributed by atoms with Gasteiger partial charge in [-0.1, -0.05) is 27.7 Å². The van der Waals surface area contributed by atoms with Crippen LogP contribution in [0.4, 0.5) is 0 Å². The third-order valence-electron chi connectivity index (χ3n) is 3.84. The Morgan fingerprint density at radius 3 is 2.26 bits per heavy atom. The topological polar surface area (TPSA) is 49.4 Å². The minimum atomic E-state index is -0.318. The molecule has 0 spiro atoms. The van der Waals surface area contributed by atoms with Crippen LogP contribution in [-0.4, -0.2) is 35.3 Å². The van der Waals surface area contributed by atoms with E-state index in [4.69, 9.17) is 0 Å². The highest BCUT2D eigenvalue weighted by atomic mass is 16.2. The Balaban J connectivity index is 2.15. The lowest BCUT2D eigenvalue weighted by atomic mass is 9.96. The van der Waals surface area contributed by atoms with Gasteiger partial charge in [-0.15, -0.1) is 0 Å². The van der Waals surface area contributed by atoms with Crippen molar-refractivity contribution in [2.24, 2.45) is 17.8 Å². The lowest BCUT2D eigenvalue weighted by Crippen LogP contribution is -2.64. The second kappa shape index (κ2) is 5.51. The summed E-state index contributed by atoms with van der Waals surface area (Å²) in [5.41, 5.74) is 0. The van der Waals surface area contributed by atoms with E-state index in [-0.39, 0.29) is 23.9 Å². The van der Waals surface area contributed by atoms with Crippen molar-refractivity contribution in [2.75, 3.05) is 6.54 Å². The van der Waals surface area contributed by atoms with E-state index < -0.39 is 0 Å². The van der Waals surface area contributed by atoms with Crippen molar-refractivity contribution in [1.82, 2.24) is 10.2 Å². The van der Waals surface area contributed by atoms with E-state index >= 15 is 0 Å².